The molecule has 2 rings (SSSR count). The van der Waals surface area contributed by atoms with E-state index in [2.05, 4.69) is 55.7 Å². The minimum atomic E-state index is 0.193. The summed E-state index contributed by atoms with van der Waals surface area (Å²) in [7, 11) is 0. The molecule has 0 saturated carbocycles. The Morgan fingerprint density at radius 3 is 2.25 bits per heavy atom. The SMILES string of the molecule is CCNC(c1ccc(C(C)CC)cc1)c1sccc1Cl. The van der Waals surface area contributed by atoms with Gasteiger partial charge >= 0.3 is 0 Å². The van der Waals surface area contributed by atoms with Gasteiger partial charge in [0.05, 0.1) is 11.1 Å². The van der Waals surface area contributed by atoms with Crippen molar-refractivity contribution in [2.75, 3.05) is 6.54 Å². The highest BCUT2D eigenvalue weighted by Gasteiger charge is 2.17. The monoisotopic (exact) mass is 307 g/mol. The van der Waals surface area contributed by atoms with E-state index < -0.39 is 0 Å². The molecule has 3 heteroatoms. The zero-order valence-electron chi connectivity index (χ0n) is 12.3. The molecule has 1 nitrogen and oxygen atoms in total. The van der Waals surface area contributed by atoms with E-state index in [1.165, 1.54) is 22.4 Å². The first-order chi connectivity index (χ1) is 9.67. The van der Waals surface area contributed by atoms with Gasteiger partial charge in [-0.2, -0.15) is 0 Å². The summed E-state index contributed by atoms with van der Waals surface area (Å²) < 4.78 is 0. The van der Waals surface area contributed by atoms with Crippen molar-refractivity contribution in [3.05, 3.63) is 56.7 Å². The number of hydrogen-bond donors (Lipinski definition) is 1. The lowest BCUT2D eigenvalue weighted by molar-refractivity contribution is 0.639. The van der Waals surface area contributed by atoms with Crippen LogP contribution >= 0.6 is 22.9 Å². The summed E-state index contributed by atoms with van der Waals surface area (Å²) in [5.74, 6) is 0.618. The predicted molar refractivity (Wildman–Crippen MR) is 90.0 cm³/mol. The maximum Gasteiger partial charge on any atom is 0.0686 e. The van der Waals surface area contributed by atoms with Crippen LogP contribution < -0.4 is 5.32 Å². The molecule has 20 heavy (non-hydrogen) atoms. The van der Waals surface area contributed by atoms with Gasteiger partial charge in [0, 0.05) is 4.88 Å². The summed E-state index contributed by atoms with van der Waals surface area (Å²) in [5, 5.41) is 6.44. The average molecular weight is 308 g/mol. The molecule has 0 aliphatic rings. The smallest absolute Gasteiger partial charge is 0.0686 e. The fourth-order valence-corrected chi connectivity index (χ4v) is 3.60. The number of thiophene rings is 1. The fourth-order valence-electron chi connectivity index (χ4n) is 2.33. The molecule has 1 aromatic heterocycles. The number of rotatable bonds is 6. The van der Waals surface area contributed by atoms with Crippen molar-refractivity contribution in [2.24, 2.45) is 0 Å². The van der Waals surface area contributed by atoms with E-state index in [4.69, 9.17) is 11.6 Å². The summed E-state index contributed by atoms with van der Waals surface area (Å²) in [4.78, 5) is 1.20. The topological polar surface area (TPSA) is 12.0 Å². The third-order valence-corrected chi connectivity index (χ3v) is 5.19. The average Bonchev–Trinajstić information content (AvgIpc) is 2.90. The molecule has 0 radical (unpaired) electrons. The number of nitrogens with one attached hydrogen (secondary N) is 1. The Bertz CT molecular complexity index is 532. The second kappa shape index (κ2) is 7.26. The Morgan fingerprint density at radius 1 is 1.10 bits per heavy atom. The molecule has 1 N–H and O–H groups in total. The summed E-state index contributed by atoms with van der Waals surface area (Å²) in [5.41, 5.74) is 2.69. The van der Waals surface area contributed by atoms with E-state index in [9.17, 15) is 0 Å². The Kier molecular flexibility index (Phi) is 5.64. The van der Waals surface area contributed by atoms with Crippen LogP contribution in [-0.4, -0.2) is 6.54 Å². The highest BCUT2D eigenvalue weighted by atomic mass is 35.5. The standard InChI is InChI=1S/C17H22ClNS/c1-4-12(3)13-6-8-14(9-7-13)16(19-5-2)17-15(18)10-11-20-17/h6-12,16,19H,4-5H2,1-3H3. The van der Waals surface area contributed by atoms with Crippen molar-refractivity contribution in [3.8, 4) is 0 Å². The second-order valence-electron chi connectivity index (χ2n) is 5.10. The Hall–Kier alpha value is -0.830. The van der Waals surface area contributed by atoms with Crippen molar-refractivity contribution in [3.63, 3.8) is 0 Å². The summed E-state index contributed by atoms with van der Waals surface area (Å²) in [6, 6.07) is 11.1. The van der Waals surface area contributed by atoms with E-state index >= 15 is 0 Å². The molecule has 1 aromatic carbocycles. The van der Waals surface area contributed by atoms with Gasteiger partial charge in [-0.15, -0.1) is 11.3 Å². The number of benzene rings is 1. The Balaban J connectivity index is 2.28. The molecule has 0 fully saturated rings. The lowest BCUT2D eigenvalue weighted by Crippen LogP contribution is -2.21. The van der Waals surface area contributed by atoms with E-state index in [-0.39, 0.29) is 6.04 Å². The van der Waals surface area contributed by atoms with Crippen LogP contribution in [0.3, 0.4) is 0 Å². The van der Waals surface area contributed by atoms with Crippen LogP contribution in [0.5, 0.6) is 0 Å². The fraction of sp³-hybridized carbons (Fsp3) is 0.412. The minimum Gasteiger partial charge on any atom is -0.306 e. The summed E-state index contributed by atoms with van der Waals surface area (Å²) in [6.45, 7) is 7.55. The van der Waals surface area contributed by atoms with Gasteiger partial charge in [-0.05, 0) is 41.5 Å². The first-order valence-corrected chi connectivity index (χ1v) is 8.49. The zero-order valence-corrected chi connectivity index (χ0v) is 13.9. The molecular weight excluding hydrogens is 286 g/mol. The molecule has 0 bridgehead atoms. The molecule has 0 aliphatic carbocycles. The third kappa shape index (κ3) is 3.43. The van der Waals surface area contributed by atoms with Crippen LogP contribution in [0.2, 0.25) is 5.02 Å². The molecule has 0 spiro atoms. The normalized spacial score (nSPS) is 14.2. The third-order valence-electron chi connectivity index (χ3n) is 3.77. The molecule has 2 atom stereocenters. The second-order valence-corrected chi connectivity index (χ2v) is 6.45. The molecule has 2 aromatic rings. The first-order valence-electron chi connectivity index (χ1n) is 7.23. The maximum absolute atomic E-state index is 6.29. The van der Waals surface area contributed by atoms with E-state index in [0.29, 0.717) is 5.92 Å². The van der Waals surface area contributed by atoms with Crippen molar-refractivity contribution in [1.82, 2.24) is 5.32 Å². The number of halogens is 1. The van der Waals surface area contributed by atoms with Crippen LogP contribution in [-0.2, 0) is 0 Å². The molecule has 0 saturated heterocycles. The van der Waals surface area contributed by atoms with Crippen molar-refractivity contribution >= 4 is 22.9 Å². The van der Waals surface area contributed by atoms with E-state index in [1.54, 1.807) is 11.3 Å². The minimum absolute atomic E-state index is 0.193. The van der Waals surface area contributed by atoms with Gasteiger partial charge in [-0.1, -0.05) is 56.6 Å². The Labute approximate surface area is 131 Å². The van der Waals surface area contributed by atoms with Crippen LogP contribution in [0.4, 0.5) is 0 Å². The van der Waals surface area contributed by atoms with Gasteiger partial charge in [-0.25, -0.2) is 0 Å². The molecule has 1 heterocycles. The highest BCUT2D eigenvalue weighted by molar-refractivity contribution is 7.10. The zero-order chi connectivity index (χ0) is 14.5. The molecule has 108 valence electrons. The van der Waals surface area contributed by atoms with Gasteiger partial charge in [0.2, 0.25) is 0 Å². The van der Waals surface area contributed by atoms with Crippen LogP contribution in [0.25, 0.3) is 0 Å². The lowest BCUT2D eigenvalue weighted by atomic mass is 9.95. The van der Waals surface area contributed by atoms with Gasteiger partial charge in [0.1, 0.15) is 0 Å². The predicted octanol–water partition coefficient (Wildman–Crippen LogP) is 5.61. The van der Waals surface area contributed by atoms with Crippen LogP contribution in [0.1, 0.15) is 55.2 Å². The van der Waals surface area contributed by atoms with Crippen molar-refractivity contribution < 1.29 is 0 Å². The molecule has 0 aliphatic heterocycles. The van der Waals surface area contributed by atoms with Gasteiger partial charge in [0.15, 0.2) is 0 Å². The molecule has 2 unspecified atom stereocenters. The molecule has 0 amide bonds. The van der Waals surface area contributed by atoms with Gasteiger partial charge in [0.25, 0.3) is 0 Å². The lowest BCUT2D eigenvalue weighted by Gasteiger charge is -2.19. The summed E-state index contributed by atoms with van der Waals surface area (Å²) in [6.07, 6.45) is 1.17. The van der Waals surface area contributed by atoms with Crippen LogP contribution in [0.15, 0.2) is 35.7 Å². The maximum atomic E-state index is 6.29. The van der Waals surface area contributed by atoms with Gasteiger partial charge in [-0.3, -0.25) is 0 Å². The van der Waals surface area contributed by atoms with Gasteiger partial charge < -0.3 is 5.32 Å². The van der Waals surface area contributed by atoms with Crippen molar-refractivity contribution in [1.29, 1.82) is 0 Å². The van der Waals surface area contributed by atoms with Crippen LogP contribution in [0, 0.1) is 0 Å². The highest BCUT2D eigenvalue weighted by Crippen LogP contribution is 2.33. The first kappa shape index (κ1) is 15.6. The summed E-state index contributed by atoms with van der Waals surface area (Å²) >= 11 is 8.01. The molecular formula is C17H22ClNS. The van der Waals surface area contributed by atoms with E-state index in [1.807, 2.05) is 6.07 Å². The quantitative estimate of drug-likeness (QED) is 0.731. The van der Waals surface area contributed by atoms with E-state index in [0.717, 1.165) is 11.6 Å². The Morgan fingerprint density at radius 2 is 1.75 bits per heavy atom. The number of hydrogen-bond acceptors (Lipinski definition) is 2. The largest absolute Gasteiger partial charge is 0.306 e. The van der Waals surface area contributed by atoms with Crippen molar-refractivity contribution in [2.45, 2.75) is 39.2 Å².